The van der Waals surface area contributed by atoms with Crippen molar-refractivity contribution >= 4 is 70.2 Å². The van der Waals surface area contributed by atoms with Gasteiger partial charge < -0.3 is 50.5 Å². The molecule has 3 fully saturated rings. The van der Waals surface area contributed by atoms with Gasteiger partial charge in [0, 0.05) is 22.3 Å². The summed E-state index contributed by atoms with van der Waals surface area (Å²) in [4.78, 5) is 76.0. The van der Waals surface area contributed by atoms with Crippen molar-refractivity contribution in [1.82, 2.24) is 30.2 Å². The van der Waals surface area contributed by atoms with Crippen molar-refractivity contribution in [2.75, 3.05) is 18.1 Å². The van der Waals surface area contributed by atoms with E-state index in [1.165, 1.54) is 0 Å². The van der Waals surface area contributed by atoms with Crippen molar-refractivity contribution in [3.63, 3.8) is 0 Å². The van der Waals surface area contributed by atoms with Crippen molar-refractivity contribution in [3.8, 4) is 0 Å². The fraction of sp³-hybridized carbons (Fsp3) is 0.650. The van der Waals surface area contributed by atoms with E-state index in [9.17, 15) is 38.2 Å². The molecule has 5 heterocycles. The Labute approximate surface area is 278 Å². The maximum Gasteiger partial charge on any atom is 0.490 e. The van der Waals surface area contributed by atoms with Gasteiger partial charge >= 0.3 is 35.5 Å². The lowest BCUT2D eigenvalue weighted by Crippen LogP contribution is -2.38. The average molecular weight is 774 g/mol. The number of imidazole rings is 1. The molecular weight excluding hydrogens is 745 g/mol. The molecule has 2 aromatic heterocycles. The zero-order valence-electron chi connectivity index (χ0n) is 24.6. The molecule has 29 heteroatoms. The number of hydrogen-bond donors (Lipinski definition) is 8. The minimum absolute atomic E-state index is 0.0286. The predicted molar refractivity (Wildman–Crippen MR) is 162 cm³/mol. The third-order valence-corrected chi connectivity index (χ3v) is 12.6. The van der Waals surface area contributed by atoms with Crippen molar-refractivity contribution in [2.24, 2.45) is 5.11 Å². The number of nitrogens with two attached hydrogens (primary N) is 1. The van der Waals surface area contributed by atoms with Gasteiger partial charge in [0.05, 0.1) is 18.7 Å². The van der Waals surface area contributed by atoms with Crippen LogP contribution in [0.15, 0.2) is 11.4 Å². The smallest absolute Gasteiger partial charge is 0.457 e. The number of hydrogen-bond acceptors (Lipinski definition) is 17. The molecule has 3 aliphatic heterocycles. The molecule has 0 saturated carbocycles. The summed E-state index contributed by atoms with van der Waals surface area (Å²) in [6.45, 7) is -1.10. The molecule has 2 unspecified atom stereocenters. The molecule has 270 valence electrons. The highest BCUT2D eigenvalue weighted by atomic mass is 32.2. The molecule has 0 bridgehead atoms. The Morgan fingerprint density at radius 1 is 1.18 bits per heavy atom. The molecule has 25 nitrogen and oxygen atoms in total. The van der Waals surface area contributed by atoms with Crippen molar-refractivity contribution in [3.05, 3.63) is 16.8 Å². The highest BCUT2D eigenvalue weighted by molar-refractivity contribution is 8.00. The number of carbonyl (C=O) groups is 2. The SMILES string of the molecule is [N-]=[N+]=Nc1nc2c(N)ncnc2n1[C@@H]1O[C@H](COP(=O)(O)OP(=O)(O)OP(=O)(O)O)[C@@H](OC(=O)CCCC[C@@H]2SC[C@@H]3NC(=O)N[C@@H]32)[C@H]1O. The molecule has 3 aliphatic rings. The fourth-order valence-electron chi connectivity index (χ4n) is 5.41. The number of fused-ring (bicyclic) bond motifs is 2. The van der Waals surface area contributed by atoms with Crippen LogP contribution in [0.25, 0.3) is 21.6 Å². The number of nitrogen functional groups attached to an aromatic ring is 1. The lowest BCUT2D eigenvalue weighted by Gasteiger charge is -2.22. The van der Waals surface area contributed by atoms with Crippen LogP contribution in [0.5, 0.6) is 0 Å². The van der Waals surface area contributed by atoms with E-state index in [1.54, 1.807) is 11.8 Å². The predicted octanol–water partition coefficient (Wildman–Crippen LogP) is 0.589. The summed E-state index contributed by atoms with van der Waals surface area (Å²) in [5.74, 6) is -0.643. The van der Waals surface area contributed by atoms with Crippen LogP contribution in [0.2, 0.25) is 0 Å². The molecule has 9 atom stereocenters. The van der Waals surface area contributed by atoms with Gasteiger partial charge in [0.1, 0.15) is 18.5 Å². The Morgan fingerprint density at radius 3 is 2.65 bits per heavy atom. The number of ether oxygens (including phenoxy) is 2. The minimum atomic E-state index is -5.87. The molecule has 0 aliphatic carbocycles. The van der Waals surface area contributed by atoms with Crippen molar-refractivity contribution in [1.29, 1.82) is 0 Å². The van der Waals surface area contributed by atoms with E-state index < -0.39 is 66.5 Å². The van der Waals surface area contributed by atoms with Gasteiger partial charge in [-0.2, -0.15) is 20.4 Å². The molecule has 2 amide bonds. The van der Waals surface area contributed by atoms with E-state index in [1.807, 2.05) is 0 Å². The zero-order chi connectivity index (χ0) is 35.7. The Morgan fingerprint density at radius 2 is 1.94 bits per heavy atom. The number of rotatable bonds is 15. The maximum atomic E-state index is 12.9. The molecule has 0 aromatic carbocycles. The fourth-order valence-corrected chi connectivity index (χ4v) is 9.99. The van der Waals surface area contributed by atoms with Gasteiger partial charge in [0.15, 0.2) is 29.3 Å². The number of nitrogens with one attached hydrogen (secondary N) is 2. The van der Waals surface area contributed by atoms with Crippen LogP contribution in [-0.4, -0.2) is 104 Å². The third-order valence-electron chi connectivity index (χ3n) is 7.33. The second kappa shape index (κ2) is 14.7. The van der Waals surface area contributed by atoms with Crippen LogP contribution in [0.4, 0.5) is 16.6 Å². The number of anilines is 1. The largest absolute Gasteiger partial charge is 0.490 e. The van der Waals surface area contributed by atoms with Gasteiger partial charge in [0.25, 0.3) is 0 Å². The van der Waals surface area contributed by atoms with E-state index in [0.29, 0.717) is 19.3 Å². The monoisotopic (exact) mass is 774 g/mol. The van der Waals surface area contributed by atoms with Crippen LogP contribution in [-0.2, 0) is 41.1 Å². The van der Waals surface area contributed by atoms with Crippen LogP contribution in [0, 0.1) is 0 Å². The first-order chi connectivity index (χ1) is 23.0. The molecule has 5 rings (SSSR count). The minimum Gasteiger partial charge on any atom is -0.457 e. The number of aliphatic hydroxyl groups excluding tert-OH is 1. The molecule has 9 N–H and O–H groups in total. The number of thioether (sulfide) groups is 1. The Kier molecular flexibility index (Phi) is 11.2. The first-order valence-electron chi connectivity index (χ1n) is 14.0. The van der Waals surface area contributed by atoms with E-state index >= 15 is 0 Å². The normalized spacial score (nSPS) is 29.0. The van der Waals surface area contributed by atoms with E-state index in [-0.39, 0.29) is 46.8 Å². The molecule has 3 saturated heterocycles. The standard InChI is InChI=1S/C20H29N10O15P3S/c21-16-13-17(24-7-23-16)30(19(26-13)28-29-22)18-14(32)15(9(42-18)5-41-47(37,38)45-48(39,40)44-46(34,35)36)43-11(31)4-2-1-3-10-12-8(6-49-10)25-20(33)27-12/h7-10,12,14-15,18,32H,1-6H2,(H,37,38)(H,39,40)(H2,21,23,24)(H2,25,27,33)(H2,34,35,36)/t8-,9+,10-,12-,14+,15+,18+/m0/s1. The number of urea groups is 1. The van der Waals surface area contributed by atoms with Crippen LogP contribution >= 0.6 is 35.2 Å². The summed E-state index contributed by atoms with van der Waals surface area (Å²) >= 11 is 1.70. The van der Waals surface area contributed by atoms with Gasteiger partial charge in [-0.15, -0.1) is 0 Å². The highest BCUT2D eigenvalue weighted by Crippen LogP contribution is 2.66. The Hall–Kier alpha value is -2.92. The van der Waals surface area contributed by atoms with Gasteiger partial charge in [-0.05, 0) is 23.5 Å². The number of azide groups is 1. The third kappa shape index (κ3) is 9.06. The number of amides is 2. The number of esters is 1. The van der Waals surface area contributed by atoms with Crippen molar-refractivity contribution in [2.45, 2.75) is 67.6 Å². The van der Waals surface area contributed by atoms with Gasteiger partial charge in [-0.1, -0.05) is 6.42 Å². The second-order valence-electron chi connectivity index (χ2n) is 10.7. The first kappa shape index (κ1) is 37.3. The molecule has 2 aromatic rings. The lowest BCUT2D eigenvalue weighted by atomic mass is 10.0. The molecular formula is C20H29N10O15P3S. The Balaban J connectivity index is 1.30. The number of carbonyl (C=O) groups excluding carboxylic acids is 2. The number of phosphoric acid groups is 3. The van der Waals surface area contributed by atoms with Crippen LogP contribution in [0.3, 0.4) is 0 Å². The van der Waals surface area contributed by atoms with Crippen LogP contribution < -0.4 is 16.4 Å². The number of unbranched alkanes of at least 4 members (excludes halogenated alkanes) is 1. The highest BCUT2D eigenvalue weighted by Gasteiger charge is 2.50. The van der Waals surface area contributed by atoms with Crippen molar-refractivity contribution < 1.29 is 70.6 Å². The van der Waals surface area contributed by atoms with Gasteiger partial charge in [-0.25, -0.2) is 33.4 Å². The Bertz CT molecular complexity index is 1790. The topological polar surface area (TPSA) is 375 Å². The summed E-state index contributed by atoms with van der Waals surface area (Å²) in [7, 11) is -17.2. The summed E-state index contributed by atoms with van der Waals surface area (Å²) in [6.07, 6.45) is -4.29. The summed E-state index contributed by atoms with van der Waals surface area (Å²) in [6, 6.07) is -0.230. The van der Waals surface area contributed by atoms with E-state index in [4.69, 9.17) is 30.5 Å². The lowest BCUT2D eigenvalue weighted by molar-refractivity contribution is -0.156. The maximum absolute atomic E-state index is 12.9. The number of aliphatic hydroxyl groups is 1. The zero-order valence-corrected chi connectivity index (χ0v) is 28.1. The quantitative estimate of drug-likeness (QED) is 0.0233. The summed E-state index contributed by atoms with van der Waals surface area (Å²) < 4.78 is 59.4. The van der Waals surface area contributed by atoms with Crippen LogP contribution in [0.1, 0.15) is 31.9 Å². The molecule has 0 spiro atoms. The number of nitrogens with zero attached hydrogens (tertiary/aromatic N) is 7. The summed E-state index contributed by atoms with van der Waals surface area (Å²) in [5.41, 5.74) is 14.8. The number of aromatic nitrogens is 4. The second-order valence-corrected chi connectivity index (χ2v) is 16.4. The van der Waals surface area contributed by atoms with E-state index in [2.05, 4.69) is 48.8 Å². The average Bonchev–Trinajstić information content (AvgIpc) is 3.71. The first-order valence-corrected chi connectivity index (χ1v) is 19.6. The van der Waals surface area contributed by atoms with E-state index in [0.717, 1.165) is 16.6 Å². The number of phosphoric ester groups is 1. The molecule has 0 radical (unpaired) electrons. The summed E-state index contributed by atoms with van der Waals surface area (Å²) in [5, 5.41) is 20.6. The molecule has 49 heavy (non-hydrogen) atoms. The van der Waals surface area contributed by atoms with Gasteiger partial charge in [-0.3, -0.25) is 13.9 Å². The van der Waals surface area contributed by atoms with Gasteiger partial charge in [0.2, 0.25) is 5.95 Å².